The highest BCUT2D eigenvalue weighted by Crippen LogP contribution is 2.16. The number of hydrogen-bond acceptors (Lipinski definition) is 4. The molecule has 0 aromatic carbocycles. The van der Waals surface area contributed by atoms with Crippen molar-refractivity contribution < 1.29 is 18.6 Å². The van der Waals surface area contributed by atoms with Crippen LogP contribution in [0, 0.1) is 0 Å². The first-order chi connectivity index (χ1) is 7.13. The summed E-state index contributed by atoms with van der Waals surface area (Å²) in [6.45, 7) is -2.40. The first kappa shape index (κ1) is 11.6. The zero-order valence-electron chi connectivity index (χ0n) is 8.23. The molecule has 0 aliphatic rings. The normalized spacial score (nSPS) is 10.5. The van der Waals surface area contributed by atoms with Crippen LogP contribution in [0.3, 0.4) is 0 Å². The summed E-state index contributed by atoms with van der Waals surface area (Å²) in [6, 6.07) is 2.95. The van der Waals surface area contributed by atoms with E-state index in [1.807, 2.05) is 0 Å². The van der Waals surface area contributed by atoms with E-state index in [-0.39, 0.29) is 12.4 Å². The Morgan fingerprint density at radius 3 is 2.73 bits per heavy atom. The summed E-state index contributed by atoms with van der Waals surface area (Å²) in [5, 5.41) is 8.68. The molecule has 15 heavy (non-hydrogen) atoms. The molecule has 6 heteroatoms. The molecule has 0 bridgehead atoms. The highest BCUT2D eigenvalue weighted by Gasteiger charge is 2.05. The molecule has 0 saturated carbocycles. The Balaban J connectivity index is 2.63. The Morgan fingerprint density at radius 2 is 2.27 bits per heavy atom. The van der Waals surface area contributed by atoms with Gasteiger partial charge in [0.05, 0.1) is 12.8 Å². The van der Waals surface area contributed by atoms with E-state index >= 15 is 0 Å². The minimum Gasteiger partial charge on any atom is -0.433 e. The van der Waals surface area contributed by atoms with Gasteiger partial charge in [-0.1, -0.05) is 0 Å². The Kier molecular flexibility index (Phi) is 4.23. The summed E-state index contributed by atoms with van der Waals surface area (Å²) < 4.78 is 27.8. The predicted octanol–water partition coefficient (Wildman–Crippen LogP) is 1.11. The van der Waals surface area contributed by atoms with Gasteiger partial charge in [-0.15, -0.1) is 0 Å². The van der Waals surface area contributed by atoms with Crippen LogP contribution in [0.4, 0.5) is 14.6 Å². The summed E-state index contributed by atoms with van der Waals surface area (Å²) >= 11 is 0. The Hall–Kier alpha value is -1.43. The molecular formula is C9H12F2N2O2. The van der Waals surface area contributed by atoms with Crippen LogP contribution in [-0.4, -0.2) is 36.9 Å². The zero-order chi connectivity index (χ0) is 11.3. The number of alkyl halides is 2. The minimum atomic E-state index is -2.84. The second kappa shape index (κ2) is 5.45. The smallest absolute Gasteiger partial charge is 0.387 e. The number of aliphatic hydroxyl groups excluding tert-OH is 1. The second-order valence-corrected chi connectivity index (χ2v) is 2.88. The predicted molar refractivity (Wildman–Crippen MR) is 51.2 cm³/mol. The van der Waals surface area contributed by atoms with Gasteiger partial charge in [0, 0.05) is 13.6 Å². The first-order valence-corrected chi connectivity index (χ1v) is 4.36. The van der Waals surface area contributed by atoms with Crippen LogP contribution >= 0.6 is 0 Å². The van der Waals surface area contributed by atoms with Crippen LogP contribution in [0.25, 0.3) is 0 Å². The number of halogens is 2. The lowest BCUT2D eigenvalue weighted by Gasteiger charge is -2.16. The van der Waals surface area contributed by atoms with Crippen LogP contribution in [0.5, 0.6) is 5.75 Å². The van der Waals surface area contributed by atoms with Gasteiger partial charge in [0.2, 0.25) is 0 Å². The average Bonchev–Trinajstić information content (AvgIpc) is 2.18. The third-order valence-electron chi connectivity index (χ3n) is 1.77. The van der Waals surface area contributed by atoms with Gasteiger partial charge in [0.25, 0.3) is 0 Å². The summed E-state index contributed by atoms with van der Waals surface area (Å²) in [5.74, 6) is 0.608. The fourth-order valence-corrected chi connectivity index (χ4v) is 1.04. The van der Waals surface area contributed by atoms with Gasteiger partial charge in [0.1, 0.15) is 11.6 Å². The highest BCUT2D eigenvalue weighted by molar-refractivity contribution is 5.39. The van der Waals surface area contributed by atoms with Gasteiger partial charge in [-0.05, 0) is 12.1 Å². The quantitative estimate of drug-likeness (QED) is 0.804. The zero-order valence-corrected chi connectivity index (χ0v) is 8.23. The van der Waals surface area contributed by atoms with Crippen molar-refractivity contribution in [2.75, 3.05) is 25.1 Å². The van der Waals surface area contributed by atoms with Crippen LogP contribution in [0.2, 0.25) is 0 Å². The topological polar surface area (TPSA) is 45.6 Å². The number of rotatable bonds is 5. The molecule has 0 saturated heterocycles. The number of ether oxygens (including phenoxy) is 1. The van der Waals surface area contributed by atoms with Gasteiger partial charge >= 0.3 is 6.61 Å². The SMILES string of the molecule is CN(CCO)c1ccc(OC(F)F)cn1. The lowest BCUT2D eigenvalue weighted by atomic mass is 10.4. The molecule has 0 radical (unpaired) electrons. The van der Waals surface area contributed by atoms with E-state index < -0.39 is 6.61 Å². The van der Waals surface area contributed by atoms with Crippen LogP contribution < -0.4 is 9.64 Å². The molecule has 0 aliphatic heterocycles. The molecule has 1 aromatic rings. The number of likely N-dealkylation sites (N-methyl/N-ethyl adjacent to an activating group) is 1. The number of pyridine rings is 1. The third-order valence-corrected chi connectivity index (χ3v) is 1.77. The maximum Gasteiger partial charge on any atom is 0.387 e. The van der Waals surface area contributed by atoms with Gasteiger partial charge in [-0.25, -0.2) is 4.98 Å². The standard InChI is InChI=1S/C9H12F2N2O2/c1-13(4-5-14)8-3-2-7(6-12-8)15-9(10)11/h2-3,6,9,14H,4-5H2,1H3. The Morgan fingerprint density at radius 1 is 1.53 bits per heavy atom. The van der Waals surface area contributed by atoms with Crippen molar-refractivity contribution in [2.45, 2.75) is 6.61 Å². The van der Waals surface area contributed by atoms with Crippen molar-refractivity contribution in [3.8, 4) is 5.75 Å². The summed E-state index contributed by atoms with van der Waals surface area (Å²) in [4.78, 5) is 5.61. The van der Waals surface area contributed by atoms with Crippen molar-refractivity contribution in [3.63, 3.8) is 0 Å². The fraction of sp³-hybridized carbons (Fsp3) is 0.444. The first-order valence-electron chi connectivity index (χ1n) is 4.36. The summed E-state index contributed by atoms with van der Waals surface area (Å²) in [5.41, 5.74) is 0. The van der Waals surface area contributed by atoms with Crippen molar-refractivity contribution in [1.29, 1.82) is 0 Å². The number of anilines is 1. The molecule has 1 aromatic heterocycles. The Bertz CT molecular complexity index is 293. The molecule has 84 valence electrons. The molecule has 4 nitrogen and oxygen atoms in total. The van der Waals surface area contributed by atoms with E-state index in [4.69, 9.17) is 5.11 Å². The molecule has 0 amide bonds. The molecule has 1 rings (SSSR count). The highest BCUT2D eigenvalue weighted by atomic mass is 19.3. The van der Waals surface area contributed by atoms with Gasteiger partial charge < -0.3 is 14.7 Å². The van der Waals surface area contributed by atoms with E-state index in [1.165, 1.54) is 12.3 Å². The third kappa shape index (κ3) is 3.67. The monoisotopic (exact) mass is 218 g/mol. The Labute approximate surface area is 86.1 Å². The van der Waals surface area contributed by atoms with Crippen molar-refractivity contribution >= 4 is 5.82 Å². The maximum absolute atomic E-state index is 11.8. The minimum absolute atomic E-state index is 0.00741. The van der Waals surface area contributed by atoms with E-state index in [1.54, 1.807) is 18.0 Å². The van der Waals surface area contributed by atoms with Gasteiger partial charge in [0.15, 0.2) is 0 Å². The van der Waals surface area contributed by atoms with Crippen molar-refractivity contribution in [3.05, 3.63) is 18.3 Å². The van der Waals surface area contributed by atoms with E-state index in [0.717, 1.165) is 0 Å². The maximum atomic E-state index is 11.8. The van der Waals surface area contributed by atoms with Crippen LogP contribution in [0.15, 0.2) is 18.3 Å². The van der Waals surface area contributed by atoms with E-state index in [0.29, 0.717) is 12.4 Å². The molecule has 1 heterocycles. The fourth-order valence-electron chi connectivity index (χ4n) is 1.04. The number of aliphatic hydroxyl groups is 1. The molecule has 0 unspecified atom stereocenters. The van der Waals surface area contributed by atoms with Crippen LogP contribution in [0.1, 0.15) is 0 Å². The lowest BCUT2D eigenvalue weighted by Crippen LogP contribution is -2.22. The molecule has 0 spiro atoms. The van der Waals surface area contributed by atoms with E-state index in [9.17, 15) is 8.78 Å². The summed E-state index contributed by atoms with van der Waals surface area (Å²) in [6.07, 6.45) is 1.22. The number of aromatic nitrogens is 1. The largest absolute Gasteiger partial charge is 0.433 e. The average molecular weight is 218 g/mol. The lowest BCUT2D eigenvalue weighted by molar-refractivity contribution is -0.0500. The molecule has 1 N–H and O–H groups in total. The molecular weight excluding hydrogens is 206 g/mol. The number of hydrogen-bond donors (Lipinski definition) is 1. The van der Waals surface area contributed by atoms with Gasteiger partial charge in [-0.3, -0.25) is 0 Å². The molecule has 0 aliphatic carbocycles. The second-order valence-electron chi connectivity index (χ2n) is 2.88. The molecule has 0 fully saturated rings. The van der Waals surface area contributed by atoms with Gasteiger partial charge in [-0.2, -0.15) is 8.78 Å². The van der Waals surface area contributed by atoms with Crippen molar-refractivity contribution in [2.24, 2.45) is 0 Å². The van der Waals surface area contributed by atoms with E-state index in [2.05, 4.69) is 9.72 Å². The molecule has 0 atom stereocenters. The summed E-state index contributed by atoms with van der Waals surface area (Å²) in [7, 11) is 1.74. The van der Waals surface area contributed by atoms with Crippen molar-refractivity contribution in [1.82, 2.24) is 4.98 Å². The number of nitrogens with zero attached hydrogens (tertiary/aromatic N) is 2. The van der Waals surface area contributed by atoms with Crippen LogP contribution in [-0.2, 0) is 0 Å².